The number of β-amino-alcohol motifs (C(OH)–C–C–N with tert-alkyl or cyclic N) is 1. The van der Waals surface area contributed by atoms with Crippen molar-refractivity contribution in [3.8, 4) is 0 Å². The number of primary amides is 1. The molecule has 4 N–H and O–H groups in total. The number of carbonyl (C=O) groups is 1. The predicted octanol–water partition coefficient (Wildman–Crippen LogP) is -0.675. The Hall–Kier alpha value is -1.79. The van der Waals surface area contributed by atoms with Gasteiger partial charge in [0.1, 0.15) is 6.04 Å². The zero-order valence-electron chi connectivity index (χ0n) is 14.6. The van der Waals surface area contributed by atoms with Crippen LogP contribution in [0.25, 0.3) is 0 Å². The van der Waals surface area contributed by atoms with Crippen molar-refractivity contribution < 1.29 is 23.1 Å². The molecule has 11 heteroatoms. The van der Waals surface area contributed by atoms with Gasteiger partial charge >= 0.3 is 0 Å². The van der Waals surface area contributed by atoms with Crippen LogP contribution in [0, 0.1) is 0 Å². The van der Waals surface area contributed by atoms with Crippen molar-refractivity contribution in [1.82, 2.24) is 9.21 Å². The fraction of sp³-hybridized carbons (Fsp3) is 0.500. The number of ether oxygens (including phenoxy) is 1. The molecule has 1 aromatic rings. The van der Waals surface area contributed by atoms with Gasteiger partial charge in [-0.3, -0.25) is 4.79 Å². The minimum atomic E-state index is -3.56. The first-order valence-corrected chi connectivity index (χ1v) is 10.4. The first-order chi connectivity index (χ1) is 12.8. The Morgan fingerprint density at radius 1 is 1.26 bits per heavy atom. The van der Waals surface area contributed by atoms with E-state index in [1.807, 2.05) is 0 Å². The molecule has 0 spiro atoms. The molecule has 3 rings (SSSR count). The Balaban J connectivity index is 1.68. The number of morpholine rings is 1. The molecule has 27 heavy (non-hydrogen) atoms. The predicted molar refractivity (Wildman–Crippen MR) is 103 cm³/mol. The zero-order valence-corrected chi connectivity index (χ0v) is 16.2. The van der Waals surface area contributed by atoms with Gasteiger partial charge in [0.05, 0.1) is 24.2 Å². The van der Waals surface area contributed by atoms with Crippen LogP contribution < -0.4 is 11.1 Å². The highest BCUT2D eigenvalue weighted by Gasteiger charge is 2.36. The Morgan fingerprint density at radius 2 is 1.89 bits per heavy atom. The first-order valence-electron chi connectivity index (χ1n) is 8.52. The highest BCUT2D eigenvalue weighted by Crippen LogP contribution is 2.22. The molecule has 148 valence electrons. The summed E-state index contributed by atoms with van der Waals surface area (Å²) < 4.78 is 31.8. The summed E-state index contributed by atoms with van der Waals surface area (Å²) in [5.74, 6) is -0.553. The van der Waals surface area contributed by atoms with E-state index in [9.17, 15) is 18.3 Å². The van der Waals surface area contributed by atoms with Crippen LogP contribution in [0.2, 0.25) is 0 Å². The molecule has 2 aliphatic rings. The lowest BCUT2D eigenvalue weighted by molar-refractivity contribution is -0.121. The molecule has 0 aliphatic carbocycles. The van der Waals surface area contributed by atoms with Crippen molar-refractivity contribution in [2.75, 3.05) is 38.2 Å². The first kappa shape index (κ1) is 20.0. The number of likely N-dealkylation sites (tertiary alicyclic amines) is 1. The Bertz CT molecular complexity index is 809. The molecular weight excluding hydrogens is 392 g/mol. The van der Waals surface area contributed by atoms with Gasteiger partial charge in [0, 0.05) is 31.7 Å². The summed E-state index contributed by atoms with van der Waals surface area (Å²) in [6.45, 7) is 1.64. The summed E-state index contributed by atoms with van der Waals surface area (Å²) in [5.41, 5.74) is 5.94. The largest absolute Gasteiger partial charge is 0.391 e. The van der Waals surface area contributed by atoms with Crippen LogP contribution in [0.15, 0.2) is 29.2 Å². The molecule has 1 amide bonds. The number of nitrogens with one attached hydrogen (secondary N) is 1. The van der Waals surface area contributed by atoms with E-state index in [2.05, 4.69) is 5.32 Å². The summed E-state index contributed by atoms with van der Waals surface area (Å²) in [4.78, 5) is 13.3. The number of aliphatic hydroxyl groups is 1. The number of hydrogen-bond acceptors (Lipinski definition) is 6. The van der Waals surface area contributed by atoms with Crippen molar-refractivity contribution in [2.24, 2.45) is 5.73 Å². The molecule has 0 saturated carbocycles. The summed E-state index contributed by atoms with van der Waals surface area (Å²) in [5, 5.41) is 13.0. The number of nitrogens with zero attached hydrogens (tertiary/aromatic N) is 2. The van der Waals surface area contributed by atoms with Crippen LogP contribution in [0.4, 0.5) is 5.69 Å². The van der Waals surface area contributed by atoms with Gasteiger partial charge in [-0.05, 0) is 36.5 Å². The van der Waals surface area contributed by atoms with Crippen molar-refractivity contribution in [2.45, 2.75) is 23.5 Å². The number of hydrogen-bond donors (Lipinski definition) is 3. The second kappa shape index (κ2) is 8.07. The molecule has 2 atom stereocenters. The number of nitrogens with two attached hydrogens (primary N) is 1. The SMILES string of the molecule is NC(=O)[C@@H]1C[C@@H](O)CN1C(=S)Nc1ccc(S(=O)(=O)N2CCOCC2)cc1. The van der Waals surface area contributed by atoms with Gasteiger partial charge in [0.15, 0.2) is 5.11 Å². The number of amides is 1. The average Bonchev–Trinajstić information content (AvgIpc) is 3.05. The lowest BCUT2D eigenvalue weighted by atomic mass is 10.2. The van der Waals surface area contributed by atoms with Crippen LogP contribution in [-0.2, 0) is 19.6 Å². The minimum Gasteiger partial charge on any atom is -0.391 e. The number of sulfonamides is 1. The van der Waals surface area contributed by atoms with E-state index in [0.29, 0.717) is 32.0 Å². The quantitative estimate of drug-likeness (QED) is 0.554. The van der Waals surface area contributed by atoms with Gasteiger partial charge in [-0.25, -0.2) is 8.42 Å². The molecule has 9 nitrogen and oxygen atoms in total. The summed E-state index contributed by atoms with van der Waals surface area (Å²) in [6, 6.07) is 5.54. The molecule has 2 heterocycles. The maximum atomic E-state index is 12.6. The number of carbonyl (C=O) groups excluding carboxylic acids is 1. The van der Waals surface area contributed by atoms with Gasteiger partial charge in [-0.1, -0.05) is 0 Å². The number of rotatable bonds is 4. The van der Waals surface area contributed by atoms with E-state index in [0.717, 1.165) is 0 Å². The minimum absolute atomic E-state index is 0.187. The van der Waals surface area contributed by atoms with Crippen molar-refractivity contribution >= 4 is 38.9 Å². The number of anilines is 1. The Kier molecular flexibility index (Phi) is 5.96. The van der Waals surface area contributed by atoms with E-state index in [1.165, 1.54) is 16.4 Å². The van der Waals surface area contributed by atoms with E-state index in [1.54, 1.807) is 17.0 Å². The lowest BCUT2D eigenvalue weighted by Gasteiger charge is -2.26. The van der Waals surface area contributed by atoms with E-state index >= 15 is 0 Å². The summed E-state index contributed by atoms with van der Waals surface area (Å²) >= 11 is 5.31. The molecule has 0 unspecified atom stereocenters. The highest BCUT2D eigenvalue weighted by atomic mass is 32.2. The summed E-state index contributed by atoms with van der Waals surface area (Å²) in [6.07, 6.45) is -0.447. The summed E-state index contributed by atoms with van der Waals surface area (Å²) in [7, 11) is -3.56. The molecule has 0 bridgehead atoms. The Labute approximate surface area is 163 Å². The Morgan fingerprint density at radius 3 is 2.48 bits per heavy atom. The molecular formula is C16H22N4O5S2. The molecule has 2 saturated heterocycles. The molecule has 1 aromatic carbocycles. The third kappa shape index (κ3) is 4.38. The fourth-order valence-electron chi connectivity index (χ4n) is 3.15. The van der Waals surface area contributed by atoms with Crippen LogP contribution >= 0.6 is 12.2 Å². The maximum absolute atomic E-state index is 12.6. The fourth-order valence-corrected chi connectivity index (χ4v) is 4.88. The number of aliphatic hydroxyl groups excluding tert-OH is 1. The number of benzene rings is 1. The normalized spacial score (nSPS) is 24.0. The second-order valence-corrected chi connectivity index (χ2v) is 8.76. The van der Waals surface area contributed by atoms with Crippen molar-refractivity contribution in [1.29, 1.82) is 0 Å². The molecule has 0 aromatic heterocycles. The molecule has 0 radical (unpaired) electrons. The molecule has 2 aliphatic heterocycles. The van der Waals surface area contributed by atoms with Gasteiger partial charge in [-0.15, -0.1) is 0 Å². The third-order valence-corrected chi connectivity index (χ3v) is 6.83. The molecule has 2 fully saturated rings. The van der Waals surface area contributed by atoms with Gasteiger partial charge < -0.3 is 25.8 Å². The topological polar surface area (TPSA) is 125 Å². The van der Waals surface area contributed by atoms with E-state index in [4.69, 9.17) is 22.7 Å². The van der Waals surface area contributed by atoms with Crippen molar-refractivity contribution in [3.63, 3.8) is 0 Å². The number of thiocarbonyl (C=S) groups is 1. The van der Waals surface area contributed by atoms with Gasteiger partial charge in [0.2, 0.25) is 15.9 Å². The van der Waals surface area contributed by atoms with Gasteiger partial charge in [-0.2, -0.15) is 4.31 Å². The van der Waals surface area contributed by atoms with Crippen LogP contribution in [-0.4, -0.2) is 78.7 Å². The monoisotopic (exact) mass is 414 g/mol. The average molecular weight is 415 g/mol. The van der Waals surface area contributed by atoms with Crippen LogP contribution in [0.1, 0.15) is 6.42 Å². The van der Waals surface area contributed by atoms with Crippen molar-refractivity contribution in [3.05, 3.63) is 24.3 Å². The van der Waals surface area contributed by atoms with Crippen LogP contribution in [0.3, 0.4) is 0 Å². The van der Waals surface area contributed by atoms with Crippen LogP contribution in [0.5, 0.6) is 0 Å². The highest BCUT2D eigenvalue weighted by molar-refractivity contribution is 7.89. The van der Waals surface area contributed by atoms with E-state index < -0.39 is 28.1 Å². The maximum Gasteiger partial charge on any atom is 0.243 e. The standard InChI is InChI=1S/C16H22N4O5S2/c17-15(22)14-9-12(21)10-20(14)16(26)18-11-1-3-13(4-2-11)27(23,24)19-5-7-25-8-6-19/h1-4,12,14,21H,5-10H2,(H2,17,22)(H,18,26)/t12-,14+/m1/s1. The second-order valence-electron chi connectivity index (χ2n) is 6.43. The lowest BCUT2D eigenvalue weighted by Crippen LogP contribution is -2.45. The zero-order chi connectivity index (χ0) is 19.6. The van der Waals surface area contributed by atoms with Gasteiger partial charge in [0.25, 0.3) is 0 Å². The third-order valence-electron chi connectivity index (χ3n) is 4.58. The smallest absolute Gasteiger partial charge is 0.243 e. The van der Waals surface area contributed by atoms with E-state index in [-0.39, 0.29) is 23.0 Å².